The molecule has 5 N–H and O–H groups in total. The minimum absolute atomic E-state index is 0.333. The van der Waals surface area contributed by atoms with Gasteiger partial charge in [0.1, 0.15) is 24.4 Å². The van der Waals surface area contributed by atoms with Gasteiger partial charge in [0.2, 0.25) is 0 Å². The molecule has 0 spiro atoms. The molecule has 2 rings (SSSR count). The van der Waals surface area contributed by atoms with Crippen LogP contribution in [0.2, 0.25) is 0 Å². The third kappa shape index (κ3) is 2.14. The van der Waals surface area contributed by atoms with Crippen LogP contribution in [-0.2, 0) is 9.53 Å². The van der Waals surface area contributed by atoms with Gasteiger partial charge in [0.25, 0.3) is 0 Å². The molecule has 0 aromatic heterocycles. The Bertz CT molecular complexity index is 352. The standard InChI is InChI=1S/C11H19NO7/c13-4-7-8(15)9(16)11(5-14,19-7)12-3-1-2-6(12)10(17)18/h6-9,13-16H,1-5H2,(H,17,18)/t6-,7+,8+,9-,11-/m0/s1. The molecule has 2 aliphatic rings. The number of hydrogen-bond donors (Lipinski definition) is 5. The van der Waals surface area contributed by atoms with Crippen molar-refractivity contribution in [3.05, 3.63) is 0 Å². The van der Waals surface area contributed by atoms with Gasteiger partial charge in [-0.3, -0.25) is 9.69 Å². The molecule has 0 aromatic rings. The number of aliphatic hydroxyl groups excluding tert-OH is 4. The molecular formula is C11H19NO7. The van der Waals surface area contributed by atoms with Gasteiger partial charge in [0, 0.05) is 6.54 Å². The maximum atomic E-state index is 11.2. The fraction of sp³-hybridized carbons (Fsp3) is 0.909. The third-order valence-electron chi connectivity index (χ3n) is 3.95. The Labute approximate surface area is 109 Å². The van der Waals surface area contributed by atoms with Gasteiger partial charge in [-0.2, -0.15) is 0 Å². The van der Waals surface area contributed by atoms with Crippen LogP contribution >= 0.6 is 0 Å². The molecule has 0 radical (unpaired) electrons. The van der Waals surface area contributed by atoms with Crippen LogP contribution in [0.1, 0.15) is 12.8 Å². The van der Waals surface area contributed by atoms with Crippen LogP contribution in [0.5, 0.6) is 0 Å². The maximum absolute atomic E-state index is 11.2. The van der Waals surface area contributed by atoms with Gasteiger partial charge in [0.05, 0.1) is 13.2 Å². The van der Waals surface area contributed by atoms with E-state index in [2.05, 4.69) is 0 Å². The molecule has 110 valence electrons. The number of rotatable bonds is 4. The summed E-state index contributed by atoms with van der Waals surface area (Å²) in [6, 6.07) is -0.883. The van der Waals surface area contributed by atoms with Crippen molar-refractivity contribution in [3.8, 4) is 0 Å². The van der Waals surface area contributed by atoms with Crippen molar-refractivity contribution < 1.29 is 35.1 Å². The fourth-order valence-electron chi connectivity index (χ4n) is 2.95. The van der Waals surface area contributed by atoms with Crippen molar-refractivity contribution in [2.75, 3.05) is 19.8 Å². The molecule has 19 heavy (non-hydrogen) atoms. The Morgan fingerprint density at radius 3 is 2.53 bits per heavy atom. The topological polar surface area (TPSA) is 131 Å². The van der Waals surface area contributed by atoms with Crippen LogP contribution < -0.4 is 0 Å². The third-order valence-corrected chi connectivity index (χ3v) is 3.95. The van der Waals surface area contributed by atoms with E-state index in [9.17, 15) is 20.1 Å². The molecule has 0 bridgehead atoms. The summed E-state index contributed by atoms with van der Waals surface area (Å²) in [6.07, 6.45) is -2.92. The van der Waals surface area contributed by atoms with Crippen LogP contribution in [0.4, 0.5) is 0 Å². The summed E-state index contributed by atoms with van der Waals surface area (Å²) in [5.74, 6) is -1.07. The summed E-state index contributed by atoms with van der Waals surface area (Å²) in [4.78, 5) is 12.6. The highest BCUT2D eigenvalue weighted by Crippen LogP contribution is 2.38. The number of aliphatic hydroxyl groups is 4. The van der Waals surface area contributed by atoms with Crippen LogP contribution in [0, 0.1) is 0 Å². The Kier molecular flexibility index (Phi) is 4.09. The monoisotopic (exact) mass is 277 g/mol. The van der Waals surface area contributed by atoms with E-state index in [1.165, 1.54) is 4.90 Å². The summed E-state index contributed by atoms with van der Waals surface area (Å²) in [5.41, 5.74) is -1.67. The summed E-state index contributed by atoms with van der Waals surface area (Å²) >= 11 is 0. The van der Waals surface area contributed by atoms with E-state index in [4.69, 9.17) is 14.9 Å². The average molecular weight is 277 g/mol. The second-order valence-electron chi connectivity index (χ2n) is 4.97. The first-order valence-corrected chi connectivity index (χ1v) is 6.23. The van der Waals surface area contributed by atoms with E-state index >= 15 is 0 Å². The fourth-order valence-corrected chi connectivity index (χ4v) is 2.95. The molecule has 0 aromatic carbocycles. The molecule has 2 heterocycles. The minimum Gasteiger partial charge on any atom is -0.480 e. The molecule has 2 fully saturated rings. The van der Waals surface area contributed by atoms with Crippen molar-refractivity contribution >= 4 is 5.97 Å². The Morgan fingerprint density at radius 1 is 1.37 bits per heavy atom. The number of hydrogen-bond acceptors (Lipinski definition) is 7. The van der Waals surface area contributed by atoms with Crippen molar-refractivity contribution in [1.29, 1.82) is 0 Å². The lowest BCUT2D eigenvalue weighted by Crippen LogP contribution is -2.62. The Balaban J connectivity index is 2.30. The zero-order valence-electron chi connectivity index (χ0n) is 10.3. The summed E-state index contributed by atoms with van der Waals surface area (Å²) in [6.45, 7) is -0.851. The van der Waals surface area contributed by atoms with Gasteiger partial charge in [0.15, 0.2) is 5.72 Å². The number of ether oxygens (including phenoxy) is 1. The van der Waals surface area contributed by atoms with Gasteiger partial charge in [-0.25, -0.2) is 0 Å². The molecule has 8 heteroatoms. The van der Waals surface area contributed by atoms with E-state index in [1.807, 2.05) is 0 Å². The normalized spacial score (nSPS) is 43.8. The van der Waals surface area contributed by atoms with E-state index < -0.39 is 49.3 Å². The summed E-state index contributed by atoms with van der Waals surface area (Å²) in [7, 11) is 0. The molecule has 0 unspecified atom stereocenters. The van der Waals surface area contributed by atoms with Gasteiger partial charge < -0.3 is 30.3 Å². The van der Waals surface area contributed by atoms with E-state index in [1.54, 1.807) is 0 Å². The quantitative estimate of drug-likeness (QED) is 0.376. The van der Waals surface area contributed by atoms with Crippen LogP contribution in [0.3, 0.4) is 0 Å². The first kappa shape index (κ1) is 14.6. The second kappa shape index (κ2) is 5.31. The second-order valence-corrected chi connectivity index (χ2v) is 4.97. The van der Waals surface area contributed by atoms with E-state index in [0.717, 1.165) is 0 Å². The van der Waals surface area contributed by atoms with E-state index in [0.29, 0.717) is 19.4 Å². The summed E-state index contributed by atoms with van der Waals surface area (Å²) < 4.78 is 5.40. The number of nitrogens with zero attached hydrogens (tertiary/aromatic N) is 1. The SMILES string of the molecule is O=C(O)[C@@H]1CCCN1[C@@]1(CO)O[C@H](CO)[C@@H](O)[C@@H]1O. The maximum Gasteiger partial charge on any atom is 0.321 e. The molecule has 8 nitrogen and oxygen atoms in total. The van der Waals surface area contributed by atoms with Crippen LogP contribution in [0.15, 0.2) is 0 Å². The van der Waals surface area contributed by atoms with Crippen molar-refractivity contribution in [1.82, 2.24) is 4.90 Å². The van der Waals surface area contributed by atoms with Crippen LogP contribution in [0.25, 0.3) is 0 Å². The molecule has 2 saturated heterocycles. The van der Waals surface area contributed by atoms with Crippen molar-refractivity contribution in [2.45, 2.75) is 42.9 Å². The zero-order chi connectivity index (χ0) is 14.2. The van der Waals surface area contributed by atoms with Gasteiger partial charge in [-0.05, 0) is 12.8 Å². The van der Waals surface area contributed by atoms with Crippen LogP contribution in [-0.4, -0.2) is 86.2 Å². The van der Waals surface area contributed by atoms with Gasteiger partial charge >= 0.3 is 5.97 Å². The summed E-state index contributed by atoms with van der Waals surface area (Å²) in [5, 5.41) is 47.7. The predicted molar refractivity (Wildman–Crippen MR) is 61.2 cm³/mol. The Morgan fingerprint density at radius 2 is 2.05 bits per heavy atom. The molecule has 0 aliphatic carbocycles. The lowest BCUT2D eigenvalue weighted by Gasteiger charge is -2.41. The highest BCUT2D eigenvalue weighted by Gasteiger charge is 2.59. The molecular weight excluding hydrogens is 258 g/mol. The first-order valence-electron chi connectivity index (χ1n) is 6.23. The molecule has 0 amide bonds. The largest absolute Gasteiger partial charge is 0.480 e. The van der Waals surface area contributed by atoms with Crippen molar-refractivity contribution in [2.24, 2.45) is 0 Å². The lowest BCUT2D eigenvalue weighted by molar-refractivity contribution is -0.214. The lowest BCUT2D eigenvalue weighted by atomic mass is 10.0. The first-order chi connectivity index (χ1) is 8.97. The minimum atomic E-state index is -1.67. The smallest absolute Gasteiger partial charge is 0.321 e. The number of carboxylic acids is 1. The number of carboxylic acid groups (broad SMARTS) is 1. The van der Waals surface area contributed by atoms with Gasteiger partial charge in [-0.15, -0.1) is 0 Å². The zero-order valence-corrected chi connectivity index (χ0v) is 10.3. The number of carbonyl (C=O) groups is 1. The van der Waals surface area contributed by atoms with E-state index in [-0.39, 0.29) is 0 Å². The predicted octanol–water partition coefficient (Wildman–Crippen LogP) is -2.66. The Hall–Kier alpha value is -0.770. The molecule has 2 aliphatic heterocycles. The number of likely N-dealkylation sites (tertiary alicyclic amines) is 1. The molecule has 0 saturated carbocycles. The molecule has 5 atom stereocenters. The highest BCUT2D eigenvalue weighted by atomic mass is 16.6. The highest BCUT2D eigenvalue weighted by molar-refractivity contribution is 5.74. The van der Waals surface area contributed by atoms with Crippen molar-refractivity contribution in [3.63, 3.8) is 0 Å². The van der Waals surface area contributed by atoms with Gasteiger partial charge in [-0.1, -0.05) is 0 Å². The number of aliphatic carboxylic acids is 1. The average Bonchev–Trinajstić information content (AvgIpc) is 2.96.